The van der Waals surface area contributed by atoms with Gasteiger partial charge in [-0.15, -0.1) is 0 Å². The molecule has 0 N–H and O–H groups in total. The molecule has 1 aromatic rings. The first-order valence-corrected chi connectivity index (χ1v) is 9.46. The maximum atomic E-state index is 13.1. The van der Waals surface area contributed by atoms with Gasteiger partial charge in [0.2, 0.25) is 5.91 Å². The normalized spacial score (nSPS) is 28.6. The van der Waals surface area contributed by atoms with Crippen LogP contribution < -0.4 is 9.64 Å². The van der Waals surface area contributed by atoms with Gasteiger partial charge in [-0.25, -0.2) is 0 Å². The van der Waals surface area contributed by atoms with Gasteiger partial charge >= 0.3 is 0 Å². The molecule has 5 nitrogen and oxygen atoms in total. The van der Waals surface area contributed by atoms with Crippen LogP contribution in [0.2, 0.25) is 0 Å². The number of para-hydroxylation sites is 2. The van der Waals surface area contributed by atoms with E-state index in [0.717, 1.165) is 31.1 Å². The Morgan fingerprint density at radius 2 is 1.80 bits per heavy atom. The highest BCUT2D eigenvalue weighted by atomic mass is 16.5. The molecular weight excluding hydrogens is 316 g/mol. The van der Waals surface area contributed by atoms with E-state index in [-0.39, 0.29) is 11.8 Å². The quantitative estimate of drug-likeness (QED) is 0.788. The summed E-state index contributed by atoms with van der Waals surface area (Å²) in [5.41, 5.74) is 0.755. The van der Waals surface area contributed by atoms with E-state index in [0.29, 0.717) is 18.2 Å². The largest absolute Gasteiger partial charge is 0.476 e. The number of carbonyl (C=O) groups excluding carboxylic acids is 2. The van der Waals surface area contributed by atoms with Gasteiger partial charge in [-0.2, -0.15) is 0 Å². The van der Waals surface area contributed by atoms with Crippen LogP contribution in [0.1, 0.15) is 39.0 Å². The predicted octanol–water partition coefficient (Wildman–Crippen LogP) is 2.84. The lowest BCUT2D eigenvalue weighted by atomic mass is 9.75. The number of likely N-dealkylation sites (tertiary alicyclic amines) is 1. The molecule has 0 radical (unpaired) electrons. The van der Waals surface area contributed by atoms with E-state index in [1.165, 1.54) is 32.6 Å². The van der Waals surface area contributed by atoms with Crippen LogP contribution in [0.4, 0.5) is 5.69 Å². The summed E-state index contributed by atoms with van der Waals surface area (Å²) in [5.74, 6) is 2.03. The van der Waals surface area contributed by atoms with E-state index in [1.807, 2.05) is 29.2 Å². The molecule has 3 atom stereocenters. The Kier molecular flexibility index (Phi) is 4.40. The van der Waals surface area contributed by atoms with Crippen LogP contribution >= 0.6 is 0 Å². The minimum Gasteiger partial charge on any atom is -0.476 e. The van der Waals surface area contributed by atoms with E-state index in [2.05, 4.69) is 0 Å². The number of benzene rings is 1. The number of hydrogen-bond donors (Lipinski definition) is 0. The van der Waals surface area contributed by atoms with Gasteiger partial charge in [0.15, 0.2) is 6.10 Å². The molecule has 2 aliphatic heterocycles. The van der Waals surface area contributed by atoms with Crippen molar-refractivity contribution in [2.45, 2.75) is 45.1 Å². The summed E-state index contributed by atoms with van der Waals surface area (Å²) in [6.07, 6.45) is 5.69. The Morgan fingerprint density at radius 3 is 2.60 bits per heavy atom. The highest BCUT2D eigenvalue weighted by Crippen LogP contribution is 2.37. The number of amides is 2. The number of rotatable bonds is 1. The molecule has 2 heterocycles. The second-order valence-electron chi connectivity index (χ2n) is 7.58. The molecule has 1 aliphatic carbocycles. The molecule has 2 amide bonds. The molecule has 0 spiro atoms. The van der Waals surface area contributed by atoms with Gasteiger partial charge in [-0.05, 0) is 36.8 Å². The van der Waals surface area contributed by atoms with Crippen LogP contribution in [0, 0.1) is 11.8 Å². The zero-order chi connectivity index (χ0) is 17.4. The fourth-order valence-electron chi connectivity index (χ4n) is 4.67. The lowest BCUT2D eigenvalue weighted by molar-refractivity contribution is -0.142. The molecule has 1 saturated carbocycles. The van der Waals surface area contributed by atoms with Crippen molar-refractivity contribution in [3.05, 3.63) is 24.3 Å². The second kappa shape index (κ2) is 6.70. The minimum absolute atomic E-state index is 0.0322. The van der Waals surface area contributed by atoms with Crippen LogP contribution in [-0.4, -0.2) is 42.5 Å². The molecule has 134 valence electrons. The third kappa shape index (κ3) is 3.12. The van der Waals surface area contributed by atoms with E-state index in [1.54, 1.807) is 4.90 Å². The summed E-state index contributed by atoms with van der Waals surface area (Å²) in [6.45, 7) is 3.51. The smallest absolute Gasteiger partial charge is 0.265 e. The van der Waals surface area contributed by atoms with Gasteiger partial charge < -0.3 is 14.5 Å². The highest BCUT2D eigenvalue weighted by molar-refractivity contribution is 5.95. The van der Waals surface area contributed by atoms with Crippen molar-refractivity contribution >= 4 is 17.5 Å². The number of anilines is 1. The lowest BCUT2D eigenvalue weighted by Crippen LogP contribution is -2.54. The Bertz CT molecular complexity index is 675. The van der Waals surface area contributed by atoms with Crippen molar-refractivity contribution < 1.29 is 14.3 Å². The topological polar surface area (TPSA) is 49.9 Å². The van der Waals surface area contributed by atoms with Crippen molar-refractivity contribution in [1.29, 1.82) is 0 Å². The van der Waals surface area contributed by atoms with E-state index in [4.69, 9.17) is 4.74 Å². The van der Waals surface area contributed by atoms with Crippen LogP contribution in [0.5, 0.6) is 5.75 Å². The summed E-state index contributed by atoms with van der Waals surface area (Å²) < 4.78 is 5.98. The number of carbonyl (C=O) groups is 2. The molecule has 1 saturated heterocycles. The van der Waals surface area contributed by atoms with Crippen LogP contribution in [0.25, 0.3) is 0 Å². The molecule has 3 aliphatic rings. The van der Waals surface area contributed by atoms with Crippen LogP contribution in [0.3, 0.4) is 0 Å². The number of fused-ring (bicyclic) bond motifs is 2. The number of ether oxygens (including phenoxy) is 1. The van der Waals surface area contributed by atoms with Crippen LogP contribution in [-0.2, 0) is 9.59 Å². The molecule has 2 fully saturated rings. The van der Waals surface area contributed by atoms with Crippen molar-refractivity contribution in [2.24, 2.45) is 11.8 Å². The molecule has 5 heteroatoms. The number of piperidine rings is 1. The van der Waals surface area contributed by atoms with Gasteiger partial charge in [0.05, 0.1) is 12.2 Å². The Labute approximate surface area is 148 Å². The summed E-state index contributed by atoms with van der Waals surface area (Å²) in [7, 11) is 0. The standard InChI is InChI=1S/C20H26N2O3/c1-14(23)22-13-19(25-18-9-5-4-8-17(18)22)20(24)21-11-10-15-6-2-3-7-16(15)12-21/h4-5,8-9,15-16,19H,2-3,6-7,10-13H2,1H3/t15-,16-,19+/m1/s1. The van der Waals surface area contributed by atoms with E-state index >= 15 is 0 Å². The number of nitrogens with zero attached hydrogens (tertiary/aromatic N) is 2. The SMILES string of the molecule is CC(=O)N1C[C@@H](C(=O)N2CC[C@H]3CCCC[C@@H]3C2)Oc2ccccc21. The molecule has 0 unspecified atom stereocenters. The average molecular weight is 342 g/mol. The Balaban J connectivity index is 1.50. The third-order valence-corrected chi connectivity index (χ3v) is 6.03. The molecule has 25 heavy (non-hydrogen) atoms. The Morgan fingerprint density at radius 1 is 1.04 bits per heavy atom. The zero-order valence-corrected chi connectivity index (χ0v) is 14.8. The molecule has 0 aromatic heterocycles. The molecular formula is C20H26N2O3. The van der Waals surface area contributed by atoms with Crippen molar-refractivity contribution in [2.75, 3.05) is 24.5 Å². The monoisotopic (exact) mass is 342 g/mol. The van der Waals surface area contributed by atoms with Crippen LogP contribution in [0.15, 0.2) is 24.3 Å². The van der Waals surface area contributed by atoms with Crippen molar-refractivity contribution in [1.82, 2.24) is 4.90 Å². The first kappa shape index (κ1) is 16.4. The van der Waals surface area contributed by atoms with E-state index in [9.17, 15) is 9.59 Å². The summed E-state index contributed by atoms with van der Waals surface area (Å²) in [4.78, 5) is 28.7. The zero-order valence-electron chi connectivity index (χ0n) is 14.8. The average Bonchev–Trinajstić information content (AvgIpc) is 2.66. The van der Waals surface area contributed by atoms with Crippen molar-refractivity contribution in [3.63, 3.8) is 0 Å². The van der Waals surface area contributed by atoms with Gasteiger partial charge in [-0.1, -0.05) is 31.4 Å². The van der Waals surface area contributed by atoms with Gasteiger partial charge in [0, 0.05) is 20.0 Å². The summed E-state index contributed by atoms with van der Waals surface area (Å²) in [5, 5.41) is 0. The summed E-state index contributed by atoms with van der Waals surface area (Å²) >= 11 is 0. The molecule has 0 bridgehead atoms. The maximum absolute atomic E-state index is 13.1. The maximum Gasteiger partial charge on any atom is 0.265 e. The summed E-state index contributed by atoms with van der Waals surface area (Å²) in [6, 6.07) is 7.45. The fraction of sp³-hybridized carbons (Fsp3) is 0.600. The second-order valence-corrected chi connectivity index (χ2v) is 7.58. The van der Waals surface area contributed by atoms with Gasteiger partial charge in [0.25, 0.3) is 5.91 Å². The molecule has 1 aromatic carbocycles. The lowest BCUT2D eigenvalue weighted by Gasteiger charge is -2.43. The fourth-order valence-corrected chi connectivity index (χ4v) is 4.67. The minimum atomic E-state index is -0.598. The van der Waals surface area contributed by atoms with Crippen molar-refractivity contribution in [3.8, 4) is 5.75 Å². The third-order valence-electron chi connectivity index (χ3n) is 6.03. The first-order valence-electron chi connectivity index (χ1n) is 9.46. The predicted molar refractivity (Wildman–Crippen MR) is 95.5 cm³/mol. The highest BCUT2D eigenvalue weighted by Gasteiger charge is 2.39. The van der Waals surface area contributed by atoms with Gasteiger partial charge in [-0.3, -0.25) is 9.59 Å². The number of hydrogen-bond acceptors (Lipinski definition) is 3. The Hall–Kier alpha value is -2.04. The molecule has 4 rings (SSSR count). The van der Waals surface area contributed by atoms with E-state index < -0.39 is 6.10 Å². The first-order chi connectivity index (χ1) is 12.1. The van der Waals surface area contributed by atoms with Gasteiger partial charge in [0.1, 0.15) is 5.75 Å².